The summed E-state index contributed by atoms with van der Waals surface area (Å²) in [6.45, 7) is 2.26. The molecule has 1 rings (SSSR count). The van der Waals surface area contributed by atoms with E-state index in [0.717, 1.165) is 4.07 Å². The number of halogens is 2. The molecule has 1 heterocycles. The second-order valence-electron chi connectivity index (χ2n) is 4.06. The summed E-state index contributed by atoms with van der Waals surface area (Å²) in [5.41, 5.74) is 0. The molecule has 1 aromatic rings. The molecule has 1 aromatic heterocycles. The molecule has 0 saturated heterocycles. The fourth-order valence-corrected chi connectivity index (χ4v) is 5.85. The van der Waals surface area contributed by atoms with E-state index in [0.29, 0.717) is 0 Å². The minimum absolute atomic E-state index is 0.991. The lowest BCUT2D eigenvalue weighted by Gasteiger charge is -2.00. The number of rotatable bonds is 8. The number of hydrogen-bond donors (Lipinski definition) is 0. The van der Waals surface area contributed by atoms with Gasteiger partial charge in [0.2, 0.25) is 0 Å². The van der Waals surface area contributed by atoms with Crippen LogP contribution in [0, 0.1) is 0 Å². The highest BCUT2D eigenvalue weighted by atomic mass is 79.9. The van der Waals surface area contributed by atoms with Crippen molar-refractivity contribution in [1.29, 1.82) is 0 Å². The van der Waals surface area contributed by atoms with Crippen molar-refractivity contribution in [2.75, 3.05) is 0 Å². The fraction of sp³-hybridized carbons (Fsp3) is 0.750. The van der Waals surface area contributed by atoms with E-state index in [-0.39, 0.29) is 0 Å². The quantitative estimate of drug-likeness (QED) is 0.445. The molecule has 0 radical (unpaired) electrons. The van der Waals surface area contributed by atoms with Crippen LogP contribution < -0.4 is 0 Å². The van der Waals surface area contributed by atoms with Gasteiger partial charge in [0, 0.05) is 5.30 Å². The van der Waals surface area contributed by atoms with Crippen molar-refractivity contribution in [3.8, 4) is 0 Å². The summed E-state index contributed by atoms with van der Waals surface area (Å²) < 4.78 is 2.25. The Morgan fingerprint density at radius 2 is 1.75 bits per heavy atom. The Kier molecular flexibility index (Phi) is 8.33. The molecule has 0 saturated carbocycles. The average molecular weight is 342 g/mol. The third-order valence-electron chi connectivity index (χ3n) is 2.64. The SMILES string of the molecule is CCCCCCCCCc1pc(Cl)sc1Br. The molecule has 0 aromatic carbocycles. The van der Waals surface area contributed by atoms with Crippen LogP contribution in [0.4, 0.5) is 0 Å². The summed E-state index contributed by atoms with van der Waals surface area (Å²) in [4.78, 5) is 0. The average Bonchev–Trinajstić information content (AvgIpc) is 2.56. The van der Waals surface area contributed by atoms with Gasteiger partial charge in [-0.15, -0.1) is 11.3 Å². The molecule has 0 fully saturated rings. The lowest BCUT2D eigenvalue weighted by Crippen LogP contribution is -1.83. The number of unbranched alkanes of at least 4 members (excludes halogenated alkanes) is 6. The predicted molar refractivity (Wildman–Crippen MR) is 81.2 cm³/mol. The summed E-state index contributed by atoms with van der Waals surface area (Å²) in [7, 11) is 1.23. The van der Waals surface area contributed by atoms with Gasteiger partial charge in [0.25, 0.3) is 0 Å². The zero-order chi connectivity index (χ0) is 11.8. The first-order valence-electron chi connectivity index (χ1n) is 6.04. The number of hydrogen-bond acceptors (Lipinski definition) is 1. The number of aryl methyl sites for hydroxylation is 1. The molecular formula is C12H19BrClPS. The second kappa shape index (κ2) is 8.91. The van der Waals surface area contributed by atoms with Gasteiger partial charge in [-0.25, -0.2) is 0 Å². The maximum Gasteiger partial charge on any atom is 0.121 e. The second-order valence-corrected chi connectivity index (χ2v) is 8.78. The maximum absolute atomic E-state index is 5.99. The summed E-state index contributed by atoms with van der Waals surface area (Å²) >= 11 is 11.2. The highest BCUT2D eigenvalue weighted by Crippen LogP contribution is 2.41. The van der Waals surface area contributed by atoms with Gasteiger partial charge in [0.1, 0.15) is 4.07 Å². The Hall–Kier alpha value is 0.900. The van der Waals surface area contributed by atoms with E-state index >= 15 is 0 Å². The van der Waals surface area contributed by atoms with E-state index in [4.69, 9.17) is 11.6 Å². The van der Waals surface area contributed by atoms with Crippen LogP contribution in [0.15, 0.2) is 3.79 Å². The predicted octanol–water partition coefficient (Wildman–Crippen LogP) is 7.04. The van der Waals surface area contributed by atoms with Gasteiger partial charge in [-0.05, 0) is 37.0 Å². The third-order valence-corrected chi connectivity index (χ3v) is 6.58. The molecule has 0 aliphatic heterocycles. The first-order chi connectivity index (χ1) is 7.74. The molecule has 0 atom stereocenters. The highest BCUT2D eigenvalue weighted by Gasteiger charge is 2.05. The van der Waals surface area contributed by atoms with Crippen molar-refractivity contribution in [3.05, 3.63) is 13.1 Å². The van der Waals surface area contributed by atoms with Crippen molar-refractivity contribution in [3.63, 3.8) is 0 Å². The highest BCUT2D eigenvalue weighted by molar-refractivity contribution is 9.11. The van der Waals surface area contributed by atoms with E-state index in [1.807, 2.05) is 0 Å². The third kappa shape index (κ3) is 6.00. The normalized spacial score (nSPS) is 11.4. The van der Waals surface area contributed by atoms with Gasteiger partial charge in [-0.2, -0.15) is 0 Å². The topological polar surface area (TPSA) is 0 Å². The van der Waals surface area contributed by atoms with Crippen molar-refractivity contribution in [2.24, 2.45) is 0 Å². The minimum Gasteiger partial charge on any atom is -0.111 e. The molecule has 0 aliphatic rings. The van der Waals surface area contributed by atoms with E-state index in [9.17, 15) is 0 Å². The van der Waals surface area contributed by atoms with Gasteiger partial charge in [0.15, 0.2) is 0 Å². The van der Waals surface area contributed by atoms with Crippen LogP contribution in [-0.4, -0.2) is 0 Å². The standard InChI is InChI=1S/C12H19BrClPS/c1-2-3-4-5-6-7-8-9-10-11(13)16-12(14)15-10/h2-9H2,1H3. The van der Waals surface area contributed by atoms with Crippen LogP contribution in [0.2, 0.25) is 4.07 Å². The lowest BCUT2D eigenvalue weighted by atomic mass is 10.1. The Morgan fingerprint density at radius 1 is 1.12 bits per heavy atom. The molecule has 4 heteroatoms. The van der Waals surface area contributed by atoms with E-state index in [1.165, 1.54) is 68.6 Å². The first-order valence-corrected chi connectivity index (χ1v) is 8.93. The van der Waals surface area contributed by atoms with Gasteiger partial charge in [-0.3, -0.25) is 0 Å². The van der Waals surface area contributed by atoms with Crippen molar-refractivity contribution >= 4 is 47.1 Å². The van der Waals surface area contributed by atoms with Crippen LogP contribution in [0.5, 0.6) is 0 Å². The molecule has 16 heavy (non-hydrogen) atoms. The Morgan fingerprint density at radius 3 is 2.31 bits per heavy atom. The molecule has 0 N–H and O–H groups in total. The molecule has 0 spiro atoms. The van der Waals surface area contributed by atoms with E-state index in [1.54, 1.807) is 11.3 Å². The van der Waals surface area contributed by atoms with Crippen LogP contribution in [0.1, 0.15) is 57.2 Å². The van der Waals surface area contributed by atoms with E-state index < -0.39 is 0 Å². The van der Waals surface area contributed by atoms with Crippen LogP contribution in [0.3, 0.4) is 0 Å². The van der Waals surface area contributed by atoms with Crippen LogP contribution in [0.25, 0.3) is 0 Å². The molecule has 0 nitrogen and oxygen atoms in total. The monoisotopic (exact) mass is 340 g/mol. The van der Waals surface area contributed by atoms with Crippen molar-refractivity contribution in [2.45, 2.75) is 58.3 Å². The smallest absolute Gasteiger partial charge is 0.111 e. The minimum atomic E-state index is 0.991. The molecule has 0 aliphatic carbocycles. The molecule has 0 amide bonds. The largest absolute Gasteiger partial charge is 0.121 e. The van der Waals surface area contributed by atoms with Crippen molar-refractivity contribution < 1.29 is 0 Å². The summed E-state index contributed by atoms with van der Waals surface area (Å²) in [6.07, 6.45) is 10.8. The fourth-order valence-electron chi connectivity index (χ4n) is 1.71. The molecule has 92 valence electrons. The summed E-state index contributed by atoms with van der Waals surface area (Å²) in [5, 5.41) is 1.48. The first kappa shape index (κ1) is 15.0. The zero-order valence-electron chi connectivity index (χ0n) is 9.77. The van der Waals surface area contributed by atoms with Gasteiger partial charge < -0.3 is 0 Å². The molecule has 0 bridgehead atoms. The lowest BCUT2D eigenvalue weighted by molar-refractivity contribution is 0.590. The van der Waals surface area contributed by atoms with Crippen molar-refractivity contribution in [1.82, 2.24) is 0 Å². The summed E-state index contributed by atoms with van der Waals surface area (Å²) in [5.74, 6) is 0. The van der Waals surface area contributed by atoms with Crippen LogP contribution >= 0.6 is 47.1 Å². The Balaban J connectivity index is 2.05. The molecular weight excluding hydrogens is 323 g/mol. The zero-order valence-corrected chi connectivity index (χ0v) is 13.8. The van der Waals surface area contributed by atoms with Gasteiger partial charge >= 0.3 is 0 Å². The van der Waals surface area contributed by atoms with E-state index in [2.05, 4.69) is 22.9 Å². The summed E-state index contributed by atoms with van der Waals surface area (Å²) in [6, 6.07) is 0. The van der Waals surface area contributed by atoms with Gasteiger partial charge in [0.05, 0.1) is 3.79 Å². The molecule has 0 unspecified atom stereocenters. The Bertz CT molecular complexity index is 301. The maximum atomic E-state index is 5.99. The Labute approximate surface area is 118 Å². The van der Waals surface area contributed by atoms with Crippen LogP contribution in [-0.2, 0) is 6.42 Å². The van der Waals surface area contributed by atoms with Gasteiger partial charge in [-0.1, -0.05) is 57.0 Å².